The van der Waals surface area contributed by atoms with E-state index in [1.807, 2.05) is 18.2 Å². The Morgan fingerprint density at radius 1 is 1.25 bits per heavy atom. The molecule has 0 aliphatic rings. The summed E-state index contributed by atoms with van der Waals surface area (Å²) < 4.78 is 0. The molecule has 8 heteroatoms. The monoisotopic (exact) mass is 277 g/mol. The van der Waals surface area contributed by atoms with Gasteiger partial charge in [0.2, 0.25) is 0 Å². The van der Waals surface area contributed by atoms with Gasteiger partial charge in [0.15, 0.2) is 0 Å². The summed E-state index contributed by atoms with van der Waals surface area (Å²) in [5, 5.41) is 17.9. The van der Waals surface area contributed by atoms with Gasteiger partial charge in [0.25, 0.3) is 0 Å². The van der Waals surface area contributed by atoms with Crippen LogP contribution in [0, 0.1) is 0 Å². The molecule has 1 aromatic heterocycles. The first-order valence-corrected chi connectivity index (χ1v) is 3.60. The topological polar surface area (TPSA) is 151 Å². The van der Waals surface area contributed by atoms with Gasteiger partial charge in [0, 0.05) is 12.7 Å². The Labute approximate surface area is 102 Å². The first kappa shape index (κ1) is 20.0. The number of pyridine rings is 1. The molecule has 0 aliphatic heterocycles. The van der Waals surface area contributed by atoms with Gasteiger partial charge in [-0.3, -0.25) is 4.98 Å². The first-order valence-electron chi connectivity index (χ1n) is 3.60. The van der Waals surface area contributed by atoms with Crippen molar-refractivity contribution in [3.05, 3.63) is 30.1 Å². The molecule has 0 fully saturated rings. The molecular formula is C8H10CuN2O5. The van der Waals surface area contributed by atoms with Crippen molar-refractivity contribution in [1.82, 2.24) is 4.98 Å². The molecule has 0 amide bonds. The Kier molecular flexibility index (Phi) is 14.5. The van der Waals surface area contributed by atoms with Gasteiger partial charge in [0.05, 0.1) is 17.6 Å². The van der Waals surface area contributed by atoms with E-state index in [4.69, 9.17) is 25.5 Å². The molecule has 93 valence electrons. The normalized spacial score (nSPS) is 7.31. The number of carbonyl (C=O) groups is 2. The van der Waals surface area contributed by atoms with Crippen molar-refractivity contribution in [2.24, 2.45) is 5.73 Å². The predicted molar refractivity (Wildman–Crippen MR) is 45.8 cm³/mol. The molecule has 0 unspecified atom stereocenters. The average molecular weight is 278 g/mol. The number of carboxylic acid groups (broad SMARTS) is 2. The Hall–Kier alpha value is -1.47. The minimum Gasteiger partial charge on any atom is -0.543 e. The summed E-state index contributed by atoms with van der Waals surface area (Å²) >= 11 is 0. The summed E-state index contributed by atoms with van der Waals surface area (Å²) in [6.45, 7) is 0.529. The number of nitrogens with two attached hydrogens (primary N) is 1. The van der Waals surface area contributed by atoms with Crippen molar-refractivity contribution >= 4 is 11.9 Å². The van der Waals surface area contributed by atoms with E-state index in [1.165, 1.54) is 0 Å². The number of carbonyl (C=O) groups excluding carboxylic acids is 2. The molecule has 0 atom stereocenters. The van der Waals surface area contributed by atoms with E-state index in [0.717, 1.165) is 5.69 Å². The summed E-state index contributed by atoms with van der Waals surface area (Å²) in [7, 11) is 0. The van der Waals surface area contributed by atoms with Crippen molar-refractivity contribution in [2.75, 3.05) is 0 Å². The Bertz CT molecular complexity index is 295. The third kappa shape index (κ3) is 10.6. The molecule has 1 radical (unpaired) electrons. The zero-order valence-electron chi connectivity index (χ0n) is 7.98. The Balaban J connectivity index is -0.000000195. The number of rotatable bonds is 1. The maximum Gasteiger partial charge on any atom is 2.00 e. The maximum absolute atomic E-state index is 8.93. The fourth-order valence-corrected chi connectivity index (χ4v) is 0.519. The van der Waals surface area contributed by atoms with Crippen LogP contribution in [0.5, 0.6) is 0 Å². The summed E-state index contributed by atoms with van der Waals surface area (Å²) in [5.41, 5.74) is 6.22. The molecule has 1 aromatic rings. The molecule has 0 spiro atoms. The van der Waals surface area contributed by atoms with Crippen LogP contribution in [0.1, 0.15) is 5.69 Å². The van der Waals surface area contributed by atoms with E-state index in [2.05, 4.69) is 4.98 Å². The van der Waals surface area contributed by atoms with Crippen LogP contribution in [0.15, 0.2) is 24.4 Å². The molecule has 0 saturated heterocycles. The fourth-order valence-electron chi connectivity index (χ4n) is 0.519. The van der Waals surface area contributed by atoms with Gasteiger partial charge in [-0.2, -0.15) is 0 Å². The molecule has 1 rings (SSSR count). The Morgan fingerprint density at radius 3 is 1.94 bits per heavy atom. The number of aromatic nitrogens is 1. The maximum atomic E-state index is 8.93. The van der Waals surface area contributed by atoms with Crippen molar-refractivity contribution in [1.29, 1.82) is 0 Å². The van der Waals surface area contributed by atoms with Crippen molar-refractivity contribution in [3.63, 3.8) is 0 Å². The van der Waals surface area contributed by atoms with Gasteiger partial charge in [-0.25, -0.2) is 0 Å². The predicted octanol–water partition coefficient (Wildman–Crippen LogP) is -3.80. The van der Waals surface area contributed by atoms with Gasteiger partial charge in [-0.05, 0) is 12.1 Å². The van der Waals surface area contributed by atoms with Gasteiger partial charge < -0.3 is 31.0 Å². The van der Waals surface area contributed by atoms with E-state index in [9.17, 15) is 0 Å². The van der Waals surface area contributed by atoms with E-state index in [1.54, 1.807) is 6.20 Å². The molecule has 1 heterocycles. The van der Waals surface area contributed by atoms with Crippen LogP contribution in [-0.4, -0.2) is 22.4 Å². The van der Waals surface area contributed by atoms with Gasteiger partial charge in [-0.15, -0.1) is 0 Å². The van der Waals surface area contributed by atoms with Crippen LogP contribution in [0.4, 0.5) is 0 Å². The van der Waals surface area contributed by atoms with Crippen LogP contribution in [0.3, 0.4) is 0 Å². The van der Waals surface area contributed by atoms with Crippen LogP contribution in [-0.2, 0) is 33.2 Å². The minimum atomic E-state index is -2.19. The number of hydrogen-bond acceptors (Lipinski definition) is 6. The van der Waals surface area contributed by atoms with Gasteiger partial charge in [0.1, 0.15) is 0 Å². The van der Waals surface area contributed by atoms with Crippen LogP contribution >= 0.6 is 0 Å². The van der Waals surface area contributed by atoms with Crippen molar-refractivity contribution < 1.29 is 42.3 Å². The van der Waals surface area contributed by atoms with E-state index < -0.39 is 11.9 Å². The second-order valence-electron chi connectivity index (χ2n) is 2.10. The Morgan fingerprint density at radius 2 is 1.75 bits per heavy atom. The number of hydrogen-bond donors (Lipinski definition) is 1. The third-order valence-corrected chi connectivity index (χ3v) is 1.10. The molecule has 4 N–H and O–H groups in total. The molecule has 7 nitrogen and oxygen atoms in total. The summed E-state index contributed by atoms with van der Waals surface area (Å²) in [6.07, 6.45) is 1.74. The second-order valence-corrected chi connectivity index (χ2v) is 2.10. The smallest absolute Gasteiger partial charge is 0.543 e. The molecule has 0 bridgehead atoms. The summed E-state index contributed by atoms with van der Waals surface area (Å²) in [5.74, 6) is -4.37. The minimum absolute atomic E-state index is 0. The molecule has 0 saturated carbocycles. The van der Waals surface area contributed by atoms with Crippen molar-refractivity contribution in [2.45, 2.75) is 6.54 Å². The molecular weight excluding hydrogens is 268 g/mol. The molecule has 0 aliphatic carbocycles. The first-order chi connectivity index (χ1) is 6.57. The SMILES string of the molecule is NCc1ccccn1.O.O=C([O-])C(=O)[O-].[Cu+2]. The zero-order valence-corrected chi connectivity index (χ0v) is 8.92. The largest absolute Gasteiger partial charge is 2.00 e. The van der Waals surface area contributed by atoms with E-state index in [-0.39, 0.29) is 22.5 Å². The van der Waals surface area contributed by atoms with E-state index >= 15 is 0 Å². The number of carboxylic acids is 2. The van der Waals surface area contributed by atoms with Crippen LogP contribution in [0.2, 0.25) is 0 Å². The van der Waals surface area contributed by atoms with Gasteiger partial charge in [-0.1, -0.05) is 6.07 Å². The number of nitrogens with zero attached hydrogens (tertiary/aromatic N) is 1. The van der Waals surface area contributed by atoms with Crippen LogP contribution in [0.25, 0.3) is 0 Å². The van der Waals surface area contributed by atoms with Crippen molar-refractivity contribution in [3.8, 4) is 0 Å². The standard InChI is InChI=1S/C6H8N2.C2H2O4.Cu.H2O/c7-5-6-3-1-2-4-8-6;3-1(4)2(5)6;;/h1-4H,5,7H2;(H,3,4)(H,5,6);;1H2/q;;+2;/p-2. The fraction of sp³-hybridized carbons (Fsp3) is 0.125. The van der Waals surface area contributed by atoms with E-state index in [0.29, 0.717) is 6.54 Å². The quantitative estimate of drug-likeness (QED) is 0.410. The number of aliphatic carboxylic acids is 2. The van der Waals surface area contributed by atoms with Gasteiger partial charge >= 0.3 is 17.1 Å². The second kappa shape index (κ2) is 11.6. The summed E-state index contributed by atoms with van der Waals surface area (Å²) in [6, 6.07) is 5.70. The average Bonchev–Trinajstić information content (AvgIpc) is 2.20. The third-order valence-electron chi connectivity index (χ3n) is 1.10. The molecule has 16 heavy (non-hydrogen) atoms. The zero-order chi connectivity index (χ0) is 11.0. The molecule has 0 aromatic carbocycles. The summed E-state index contributed by atoms with van der Waals surface area (Å²) in [4.78, 5) is 21.8. The van der Waals surface area contributed by atoms with Crippen LogP contribution < -0.4 is 15.9 Å².